The summed E-state index contributed by atoms with van der Waals surface area (Å²) in [5.74, 6) is 7.13. The van der Waals surface area contributed by atoms with Crippen LogP contribution in [0.25, 0.3) is 0 Å². The molecule has 6 heteroatoms. The normalized spacial score (nSPS) is 23.2. The highest BCUT2D eigenvalue weighted by molar-refractivity contribution is 14.2. The fourth-order valence-corrected chi connectivity index (χ4v) is 5.44. The van der Waals surface area contributed by atoms with Gasteiger partial charge in [-0.3, -0.25) is 8.98 Å². The highest BCUT2D eigenvalue weighted by atomic mass is 127. The van der Waals surface area contributed by atoms with Crippen LogP contribution in [0.5, 0.6) is 5.75 Å². The Morgan fingerprint density at radius 3 is 3.10 bits per heavy atom. The number of para-hydroxylation sites is 1. The first kappa shape index (κ1) is 22.5. The van der Waals surface area contributed by atoms with Crippen LogP contribution < -0.4 is 4.74 Å². The van der Waals surface area contributed by atoms with Crippen LogP contribution in [0.1, 0.15) is 62.5 Å². The fourth-order valence-electron chi connectivity index (χ4n) is 4.39. The van der Waals surface area contributed by atoms with Crippen LogP contribution in [-0.2, 0) is 15.4 Å². The van der Waals surface area contributed by atoms with Gasteiger partial charge in [0.15, 0.2) is 0 Å². The Hall–Kier alpha value is -1.17. The van der Waals surface area contributed by atoms with E-state index in [0.29, 0.717) is 18.3 Å². The largest absolute Gasteiger partial charge is 0.489 e. The monoisotopic (exact) mass is 526 g/mol. The number of allylic oxidation sites excluding steroid dienone is 1. The molecule has 0 aromatic heterocycles. The van der Waals surface area contributed by atoms with Gasteiger partial charge in [-0.15, -0.1) is 11.8 Å². The molecule has 4 atom stereocenters. The summed E-state index contributed by atoms with van der Waals surface area (Å²) in [5.41, 5.74) is 2.43. The van der Waals surface area contributed by atoms with E-state index in [2.05, 4.69) is 63.4 Å². The number of aryl methyl sites for hydroxylation is 1. The predicted molar refractivity (Wildman–Crippen MR) is 125 cm³/mol. The van der Waals surface area contributed by atoms with Crippen LogP contribution in [-0.4, -0.2) is 23.3 Å². The minimum atomic E-state index is -0.744. The lowest BCUT2D eigenvalue weighted by Gasteiger charge is -2.16. The number of aliphatic carboxylic acids is 1. The van der Waals surface area contributed by atoms with Crippen molar-refractivity contribution >= 4 is 36.4 Å². The van der Waals surface area contributed by atoms with Crippen molar-refractivity contribution in [3.05, 3.63) is 41.5 Å². The lowest BCUT2D eigenvalue weighted by Crippen LogP contribution is -2.15. The number of fused-ring (bicyclic) bond motifs is 3. The SMILES string of the molecule is CC#CCCC(/C=C/C1CCC2Oc3c(CCCC(=O)O)cccc3C12)OSI. The maximum absolute atomic E-state index is 10.8. The number of hydrogen-bond acceptors (Lipinski definition) is 4. The third-order valence-corrected chi connectivity index (χ3v) is 6.64. The van der Waals surface area contributed by atoms with Gasteiger partial charge in [-0.05, 0) is 50.5 Å². The minimum Gasteiger partial charge on any atom is -0.489 e. The van der Waals surface area contributed by atoms with E-state index in [-0.39, 0.29) is 18.6 Å². The summed E-state index contributed by atoms with van der Waals surface area (Å²) in [6, 6.07) is 6.34. The Morgan fingerprint density at radius 2 is 2.34 bits per heavy atom. The molecule has 1 aromatic carbocycles. The molecule has 0 saturated heterocycles. The molecule has 1 aromatic rings. The van der Waals surface area contributed by atoms with Crippen LogP contribution in [0.3, 0.4) is 0 Å². The fraction of sp³-hybridized carbons (Fsp3) is 0.522. The van der Waals surface area contributed by atoms with Crippen molar-refractivity contribution in [2.75, 3.05) is 0 Å². The summed E-state index contributed by atoms with van der Waals surface area (Å²) >= 11 is 2.16. The van der Waals surface area contributed by atoms with E-state index >= 15 is 0 Å². The molecule has 1 heterocycles. The Morgan fingerprint density at radius 1 is 1.48 bits per heavy atom. The predicted octanol–water partition coefficient (Wildman–Crippen LogP) is 6.09. The number of hydrogen-bond donors (Lipinski definition) is 1. The Kier molecular flexibility index (Phi) is 8.76. The molecule has 1 aliphatic carbocycles. The Labute approximate surface area is 189 Å². The zero-order chi connectivity index (χ0) is 20.6. The molecular formula is C23H27IO4S. The van der Waals surface area contributed by atoms with Gasteiger partial charge in [0.25, 0.3) is 0 Å². The number of benzene rings is 1. The van der Waals surface area contributed by atoms with E-state index < -0.39 is 5.97 Å². The summed E-state index contributed by atoms with van der Waals surface area (Å²) in [7, 11) is 1.37. The second-order valence-electron chi connectivity index (χ2n) is 7.55. The molecule has 1 aliphatic heterocycles. The summed E-state index contributed by atoms with van der Waals surface area (Å²) in [6.07, 6.45) is 10.3. The van der Waals surface area contributed by atoms with Crippen molar-refractivity contribution in [1.29, 1.82) is 0 Å². The van der Waals surface area contributed by atoms with Crippen LogP contribution in [0.2, 0.25) is 0 Å². The van der Waals surface area contributed by atoms with Gasteiger partial charge < -0.3 is 9.84 Å². The minimum absolute atomic E-state index is 0.0703. The van der Waals surface area contributed by atoms with Gasteiger partial charge >= 0.3 is 5.97 Å². The smallest absolute Gasteiger partial charge is 0.303 e. The first-order valence-corrected chi connectivity index (χ1v) is 13.4. The molecule has 1 N–H and O–H groups in total. The van der Waals surface area contributed by atoms with Gasteiger partial charge in [0, 0.05) is 45.5 Å². The average Bonchev–Trinajstić information content (AvgIpc) is 3.26. The van der Waals surface area contributed by atoms with E-state index in [1.54, 1.807) is 0 Å². The maximum atomic E-state index is 10.8. The van der Waals surface area contributed by atoms with Crippen molar-refractivity contribution in [3.63, 3.8) is 0 Å². The van der Waals surface area contributed by atoms with Crippen LogP contribution in [0.4, 0.5) is 0 Å². The highest BCUT2D eigenvalue weighted by Crippen LogP contribution is 2.52. The number of halogens is 1. The van der Waals surface area contributed by atoms with Crippen LogP contribution in [0.15, 0.2) is 30.4 Å². The summed E-state index contributed by atoms with van der Waals surface area (Å²) in [4.78, 5) is 10.8. The molecule has 29 heavy (non-hydrogen) atoms. The van der Waals surface area contributed by atoms with Crippen LogP contribution in [0, 0.1) is 17.8 Å². The molecule has 2 aliphatic rings. The van der Waals surface area contributed by atoms with Crippen LogP contribution >= 0.6 is 30.4 Å². The summed E-state index contributed by atoms with van der Waals surface area (Å²) < 4.78 is 12.1. The van der Waals surface area contributed by atoms with E-state index in [0.717, 1.165) is 43.4 Å². The highest BCUT2D eigenvalue weighted by Gasteiger charge is 2.44. The van der Waals surface area contributed by atoms with Gasteiger partial charge in [0.05, 0.1) is 15.3 Å². The van der Waals surface area contributed by atoms with Gasteiger partial charge in [-0.25, -0.2) is 0 Å². The second kappa shape index (κ2) is 11.3. The van der Waals surface area contributed by atoms with E-state index in [4.69, 9.17) is 14.0 Å². The number of carboxylic acids is 1. The van der Waals surface area contributed by atoms with Crippen molar-refractivity contribution in [2.24, 2.45) is 5.92 Å². The molecular weight excluding hydrogens is 499 g/mol. The van der Waals surface area contributed by atoms with Gasteiger partial charge in [0.2, 0.25) is 0 Å². The molecule has 0 amide bonds. The zero-order valence-corrected chi connectivity index (χ0v) is 19.6. The van der Waals surface area contributed by atoms with Crippen molar-refractivity contribution in [3.8, 4) is 17.6 Å². The number of ether oxygens (including phenoxy) is 1. The molecule has 4 unspecified atom stereocenters. The van der Waals surface area contributed by atoms with E-state index in [1.165, 1.54) is 14.8 Å². The molecule has 0 spiro atoms. The quantitative estimate of drug-likeness (QED) is 0.173. The van der Waals surface area contributed by atoms with Crippen molar-refractivity contribution in [1.82, 2.24) is 0 Å². The molecule has 1 fully saturated rings. The molecule has 3 rings (SSSR count). The molecule has 0 bridgehead atoms. The second-order valence-corrected chi connectivity index (χ2v) is 8.95. The average molecular weight is 526 g/mol. The van der Waals surface area contributed by atoms with E-state index in [1.807, 2.05) is 6.92 Å². The van der Waals surface area contributed by atoms with Gasteiger partial charge in [-0.2, -0.15) is 0 Å². The lowest BCUT2D eigenvalue weighted by molar-refractivity contribution is -0.137. The molecule has 156 valence electrons. The Bertz CT molecular complexity index is 798. The maximum Gasteiger partial charge on any atom is 0.303 e. The first-order chi connectivity index (χ1) is 14.1. The molecule has 4 nitrogen and oxygen atoms in total. The molecule has 0 radical (unpaired) electrons. The van der Waals surface area contributed by atoms with Gasteiger partial charge in [-0.1, -0.05) is 30.4 Å². The number of rotatable bonds is 10. The number of carbonyl (C=O) groups is 1. The zero-order valence-electron chi connectivity index (χ0n) is 16.6. The number of carboxylic acid groups (broad SMARTS) is 1. The summed E-state index contributed by atoms with van der Waals surface area (Å²) in [6.45, 7) is 1.87. The van der Waals surface area contributed by atoms with Gasteiger partial charge in [0.1, 0.15) is 11.9 Å². The lowest BCUT2D eigenvalue weighted by atomic mass is 9.87. The van der Waals surface area contributed by atoms with Crippen molar-refractivity contribution in [2.45, 2.75) is 70.0 Å². The molecule has 1 saturated carbocycles. The first-order valence-electron chi connectivity index (χ1n) is 10.2. The van der Waals surface area contributed by atoms with E-state index in [9.17, 15) is 4.79 Å². The summed E-state index contributed by atoms with van der Waals surface area (Å²) in [5, 5.41) is 8.90. The third kappa shape index (κ3) is 5.93. The van der Waals surface area contributed by atoms with Crippen molar-refractivity contribution < 1.29 is 18.8 Å². The standard InChI is InChI=1S/C23H27IO4S/c1-2-3-4-9-18(28-29-24)14-12-16-13-15-20-22(16)19-10-5-7-17(23(19)27-20)8-6-11-21(25)26/h5,7,10,12,14,16,18,20,22H,4,6,8-9,11,13,15H2,1H3,(H,25,26)/b14-12+. The topological polar surface area (TPSA) is 55.8 Å². The third-order valence-electron chi connectivity index (χ3n) is 5.70. The Balaban J connectivity index is 1.70.